The van der Waals surface area contributed by atoms with Gasteiger partial charge in [-0.1, -0.05) is 35.6 Å². The van der Waals surface area contributed by atoms with Crippen molar-refractivity contribution in [3.05, 3.63) is 76.6 Å². The van der Waals surface area contributed by atoms with E-state index in [1.54, 1.807) is 32.2 Å². The van der Waals surface area contributed by atoms with Gasteiger partial charge >= 0.3 is 0 Å². The number of aliphatic hydroxyl groups excluding tert-OH is 1. The van der Waals surface area contributed by atoms with Gasteiger partial charge < -0.3 is 9.84 Å². The molecule has 2 aromatic heterocycles. The third kappa shape index (κ3) is 5.40. The number of nitrogens with one attached hydrogen (secondary N) is 1. The maximum atomic E-state index is 13.1. The molecule has 0 aliphatic heterocycles. The summed E-state index contributed by atoms with van der Waals surface area (Å²) in [5, 5.41) is 14.7. The lowest BCUT2D eigenvalue weighted by Crippen LogP contribution is -2.46. The van der Waals surface area contributed by atoms with Crippen molar-refractivity contribution in [3.8, 4) is 28.8 Å². The Hall–Kier alpha value is -3.42. The van der Waals surface area contributed by atoms with Gasteiger partial charge in [-0.05, 0) is 63.1 Å². The van der Waals surface area contributed by atoms with Gasteiger partial charge in [-0.3, -0.25) is 0 Å². The highest BCUT2D eigenvalue weighted by Crippen LogP contribution is 2.41. The first kappa shape index (κ1) is 26.2. The van der Waals surface area contributed by atoms with Crippen LogP contribution in [-0.2, 0) is 10.0 Å². The molecule has 4 aromatic rings. The molecule has 2 N–H and O–H groups in total. The lowest BCUT2D eigenvalue weighted by Gasteiger charge is -2.23. The third-order valence-electron chi connectivity index (χ3n) is 6.24. The van der Waals surface area contributed by atoms with Crippen LogP contribution in [0.2, 0.25) is 5.02 Å². The molecule has 0 radical (unpaired) electrons. The van der Waals surface area contributed by atoms with Crippen LogP contribution in [0.15, 0.2) is 59.6 Å². The molecular weight excluding hydrogens is 524 g/mol. The Kier molecular flexibility index (Phi) is 6.92. The predicted octanol–water partition coefficient (Wildman–Crippen LogP) is 4.38. The van der Waals surface area contributed by atoms with E-state index in [0.717, 1.165) is 29.8 Å². The maximum absolute atomic E-state index is 13.1. The van der Waals surface area contributed by atoms with Crippen molar-refractivity contribution in [1.82, 2.24) is 19.3 Å². The summed E-state index contributed by atoms with van der Waals surface area (Å²) in [5.41, 5.74) is 3.54. The molecule has 1 fully saturated rings. The molecule has 0 spiro atoms. The number of ether oxygens (including phenoxy) is 1. The molecule has 1 aliphatic carbocycles. The van der Waals surface area contributed by atoms with E-state index in [0.29, 0.717) is 27.7 Å². The molecule has 2 heterocycles. The van der Waals surface area contributed by atoms with Crippen molar-refractivity contribution in [2.45, 2.75) is 43.0 Å². The van der Waals surface area contributed by atoms with Crippen LogP contribution in [0.25, 0.3) is 16.9 Å². The topological polar surface area (TPSA) is 106 Å². The Balaban J connectivity index is 1.56. The number of sulfonamides is 1. The third-order valence-corrected chi connectivity index (χ3v) is 8.21. The van der Waals surface area contributed by atoms with Crippen LogP contribution in [0, 0.1) is 11.8 Å². The SMILES string of the molecule is COc1ccc(C#Cc2cnn3c(C4CC4)cc(-c4ccc(Cl)cc4)nc23)cc1S(=O)(=O)NC(C)(C)CO. The minimum absolute atomic E-state index is 0.0626. The molecule has 10 heteroatoms. The van der Waals surface area contributed by atoms with Gasteiger partial charge in [-0.15, -0.1) is 0 Å². The average molecular weight is 551 g/mol. The van der Waals surface area contributed by atoms with E-state index in [-0.39, 0.29) is 17.3 Å². The number of methoxy groups -OCH3 is 1. The summed E-state index contributed by atoms with van der Waals surface area (Å²) < 4.78 is 35.8. The minimum atomic E-state index is -3.99. The first-order chi connectivity index (χ1) is 18.1. The first-order valence-corrected chi connectivity index (χ1v) is 14.0. The van der Waals surface area contributed by atoms with E-state index < -0.39 is 15.6 Å². The minimum Gasteiger partial charge on any atom is -0.495 e. The van der Waals surface area contributed by atoms with Crippen LogP contribution in [0.1, 0.15) is 49.4 Å². The summed E-state index contributed by atoms with van der Waals surface area (Å²) in [6.45, 7) is 2.82. The van der Waals surface area contributed by atoms with E-state index in [4.69, 9.17) is 21.3 Å². The molecule has 196 valence electrons. The van der Waals surface area contributed by atoms with Crippen molar-refractivity contribution >= 4 is 27.3 Å². The Labute approximate surface area is 226 Å². The molecule has 0 unspecified atom stereocenters. The number of fused-ring (bicyclic) bond motifs is 1. The standard InChI is InChI=1S/C28H27ClN4O4S/c1-28(2,17-34)32-38(35,36)26-14-18(5-13-25(26)37-3)4-6-21-16-30-33-24(20-7-8-20)15-23(31-27(21)33)19-9-11-22(29)12-10-19/h5,9-16,20,32,34H,7-8,17H2,1-3H3. The van der Waals surface area contributed by atoms with Crippen LogP contribution in [0.3, 0.4) is 0 Å². The molecular formula is C28H27ClN4O4S. The van der Waals surface area contributed by atoms with Crippen molar-refractivity contribution in [2.24, 2.45) is 0 Å². The zero-order valence-electron chi connectivity index (χ0n) is 21.2. The molecule has 1 aliphatic rings. The first-order valence-electron chi connectivity index (χ1n) is 12.1. The smallest absolute Gasteiger partial charge is 0.244 e. The Morgan fingerprint density at radius 2 is 1.89 bits per heavy atom. The normalized spacial score (nSPS) is 13.8. The summed E-state index contributed by atoms with van der Waals surface area (Å²) in [5.74, 6) is 6.78. The molecule has 2 aromatic carbocycles. The van der Waals surface area contributed by atoms with E-state index in [1.807, 2.05) is 28.8 Å². The quantitative estimate of drug-likeness (QED) is 0.331. The highest BCUT2D eigenvalue weighted by molar-refractivity contribution is 7.89. The van der Waals surface area contributed by atoms with Gasteiger partial charge in [0.2, 0.25) is 10.0 Å². The highest BCUT2D eigenvalue weighted by Gasteiger charge is 2.29. The van der Waals surface area contributed by atoms with Gasteiger partial charge in [0.1, 0.15) is 10.6 Å². The van der Waals surface area contributed by atoms with Crippen molar-refractivity contribution in [2.75, 3.05) is 13.7 Å². The number of hydrogen-bond donors (Lipinski definition) is 2. The number of nitrogens with zero attached hydrogens (tertiary/aromatic N) is 3. The summed E-state index contributed by atoms with van der Waals surface area (Å²) in [4.78, 5) is 4.79. The summed E-state index contributed by atoms with van der Waals surface area (Å²) in [7, 11) is -2.59. The van der Waals surface area contributed by atoms with E-state index in [1.165, 1.54) is 13.2 Å². The number of aromatic nitrogens is 3. The molecule has 8 nitrogen and oxygen atoms in total. The van der Waals surface area contributed by atoms with Crippen LogP contribution in [0.4, 0.5) is 0 Å². The van der Waals surface area contributed by atoms with Crippen LogP contribution in [0.5, 0.6) is 5.75 Å². The Morgan fingerprint density at radius 1 is 1.16 bits per heavy atom. The highest BCUT2D eigenvalue weighted by atomic mass is 35.5. The molecule has 0 atom stereocenters. The fraction of sp³-hybridized carbons (Fsp3) is 0.286. The van der Waals surface area contributed by atoms with Crippen molar-refractivity contribution in [1.29, 1.82) is 0 Å². The van der Waals surface area contributed by atoms with Gasteiger partial charge in [0.05, 0.1) is 36.7 Å². The Bertz CT molecular complexity index is 1680. The lowest BCUT2D eigenvalue weighted by atomic mass is 10.1. The number of benzene rings is 2. The summed E-state index contributed by atoms with van der Waals surface area (Å²) >= 11 is 6.08. The van der Waals surface area contributed by atoms with Gasteiger partial charge in [-0.2, -0.15) is 5.10 Å². The van der Waals surface area contributed by atoms with Gasteiger partial charge in [0.25, 0.3) is 0 Å². The molecule has 5 rings (SSSR count). The zero-order valence-corrected chi connectivity index (χ0v) is 22.8. The summed E-state index contributed by atoms with van der Waals surface area (Å²) in [6.07, 6.45) is 3.88. The monoisotopic (exact) mass is 550 g/mol. The average Bonchev–Trinajstić information content (AvgIpc) is 3.66. The largest absolute Gasteiger partial charge is 0.495 e. The molecule has 1 saturated carbocycles. The second kappa shape index (κ2) is 10.0. The van der Waals surface area contributed by atoms with Gasteiger partial charge in [0, 0.05) is 27.8 Å². The number of aliphatic hydroxyl groups is 1. The lowest BCUT2D eigenvalue weighted by molar-refractivity contribution is 0.208. The fourth-order valence-corrected chi connectivity index (χ4v) is 5.79. The van der Waals surface area contributed by atoms with E-state index in [9.17, 15) is 13.5 Å². The Morgan fingerprint density at radius 3 is 2.55 bits per heavy atom. The second-order valence-electron chi connectivity index (χ2n) is 9.90. The maximum Gasteiger partial charge on any atom is 0.244 e. The molecule has 0 bridgehead atoms. The fourth-order valence-electron chi connectivity index (χ4n) is 4.07. The van der Waals surface area contributed by atoms with Gasteiger partial charge in [0.15, 0.2) is 5.65 Å². The predicted molar refractivity (Wildman–Crippen MR) is 146 cm³/mol. The van der Waals surface area contributed by atoms with E-state index in [2.05, 4.69) is 27.7 Å². The molecule has 0 amide bonds. The second-order valence-corrected chi connectivity index (χ2v) is 12.0. The van der Waals surface area contributed by atoms with Crippen LogP contribution >= 0.6 is 11.6 Å². The summed E-state index contributed by atoms with van der Waals surface area (Å²) in [6, 6.07) is 14.3. The molecule has 38 heavy (non-hydrogen) atoms. The number of hydrogen-bond acceptors (Lipinski definition) is 6. The van der Waals surface area contributed by atoms with Gasteiger partial charge in [-0.25, -0.2) is 22.6 Å². The number of halogens is 1. The van der Waals surface area contributed by atoms with Crippen molar-refractivity contribution < 1.29 is 18.3 Å². The van der Waals surface area contributed by atoms with Crippen LogP contribution < -0.4 is 9.46 Å². The number of rotatable bonds is 7. The molecule has 0 saturated heterocycles. The van der Waals surface area contributed by atoms with E-state index >= 15 is 0 Å². The van der Waals surface area contributed by atoms with Crippen molar-refractivity contribution in [3.63, 3.8) is 0 Å². The zero-order chi connectivity index (χ0) is 27.1. The van der Waals surface area contributed by atoms with Crippen LogP contribution in [-0.4, -0.2) is 47.4 Å².